The number of nitrogens with one attached hydrogen (secondary N) is 2. The van der Waals surface area contributed by atoms with Gasteiger partial charge in [-0.1, -0.05) is 0 Å². The Hall–Kier alpha value is -2.30. The number of ether oxygens (including phenoxy) is 1. The van der Waals surface area contributed by atoms with Gasteiger partial charge in [-0.25, -0.2) is 9.37 Å². The summed E-state index contributed by atoms with van der Waals surface area (Å²) in [5, 5.41) is 6.26. The van der Waals surface area contributed by atoms with Crippen LogP contribution in [-0.4, -0.2) is 18.1 Å². The van der Waals surface area contributed by atoms with E-state index < -0.39 is 0 Å². The zero-order valence-electron chi connectivity index (χ0n) is 11.6. The van der Waals surface area contributed by atoms with Crippen LogP contribution in [0.1, 0.15) is 13.8 Å². The minimum absolute atomic E-state index is 0.265. The number of hydrogen-bond acceptors (Lipinski definition) is 4. The average Bonchev–Trinajstić information content (AvgIpc) is 2.43. The molecule has 1 aromatic carbocycles. The highest BCUT2D eigenvalue weighted by atomic mass is 19.1. The first-order valence-corrected chi connectivity index (χ1v) is 6.62. The standard InChI is InChI=1S/C15H18FN3O/c1-3-17-15-10-12(7-8-18-15)19-11-5-6-14(20-4-2)13(16)9-11/h5-10H,3-4H2,1-2H3,(H2,17,18,19). The van der Waals surface area contributed by atoms with E-state index in [1.165, 1.54) is 6.07 Å². The SMILES string of the molecule is CCNc1cc(Nc2ccc(OCC)c(F)c2)ccn1. The van der Waals surface area contributed by atoms with Gasteiger partial charge >= 0.3 is 0 Å². The van der Waals surface area contributed by atoms with E-state index in [0.29, 0.717) is 12.3 Å². The lowest BCUT2D eigenvalue weighted by atomic mass is 10.2. The molecule has 20 heavy (non-hydrogen) atoms. The molecule has 0 radical (unpaired) electrons. The maximum atomic E-state index is 13.8. The molecule has 0 unspecified atom stereocenters. The molecule has 0 amide bonds. The van der Waals surface area contributed by atoms with Crippen LogP contribution < -0.4 is 15.4 Å². The molecule has 2 rings (SSSR count). The Balaban J connectivity index is 2.13. The van der Waals surface area contributed by atoms with Gasteiger partial charge in [0.15, 0.2) is 11.6 Å². The highest BCUT2D eigenvalue weighted by Crippen LogP contribution is 2.24. The Morgan fingerprint density at radius 2 is 1.95 bits per heavy atom. The van der Waals surface area contributed by atoms with E-state index in [1.54, 1.807) is 18.3 Å². The Morgan fingerprint density at radius 1 is 1.15 bits per heavy atom. The van der Waals surface area contributed by atoms with E-state index in [9.17, 15) is 4.39 Å². The van der Waals surface area contributed by atoms with E-state index in [4.69, 9.17) is 4.74 Å². The quantitative estimate of drug-likeness (QED) is 0.842. The van der Waals surface area contributed by atoms with Crippen LogP contribution in [0.2, 0.25) is 0 Å². The summed E-state index contributed by atoms with van der Waals surface area (Å²) in [6.45, 7) is 5.07. The predicted molar refractivity (Wildman–Crippen MR) is 79.3 cm³/mol. The van der Waals surface area contributed by atoms with Crippen LogP contribution in [0.5, 0.6) is 5.75 Å². The van der Waals surface area contributed by atoms with Gasteiger partial charge in [0, 0.05) is 36.2 Å². The number of halogens is 1. The van der Waals surface area contributed by atoms with E-state index in [0.717, 1.165) is 18.1 Å². The van der Waals surface area contributed by atoms with Gasteiger partial charge in [-0.15, -0.1) is 0 Å². The van der Waals surface area contributed by atoms with Crippen LogP contribution in [0.15, 0.2) is 36.5 Å². The maximum Gasteiger partial charge on any atom is 0.167 e. The highest BCUT2D eigenvalue weighted by molar-refractivity contribution is 5.63. The van der Waals surface area contributed by atoms with Gasteiger partial charge in [0.25, 0.3) is 0 Å². The van der Waals surface area contributed by atoms with E-state index in [2.05, 4.69) is 15.6 Å². The van der Waals surface area contributed by atoms with Crippen LogP contribution in [0.25, 0.3) is 0 Å². The molecule has 0 bridgehead atoms. The first-order valence-electron chi connectivity index (χ1n) is 6.62. The number of rotatable bonds is 6. The third-order valence-corrected chi connectivity index (χ3v) is 2.64. The van der Waals surface area contributed by atoms with E-state index in [1.807, 2.05) is 26.0 Å². The van der Waals surface area contributed by atoms with Crippen molar-refractivity contribution >= 4 is 17.2 Å². The van der Waals surface area contributed by atoms with E-state index >= 15 is 0 Å². The fourth-order valence-corrected chi connectivity index (χ4v) is 1.80. The molecule has 1 aromatic heterocycles. The third kappa shape index (κ3) is 3.60. The molecule has 1 heterocycles. The second-order valence-corrected chi connectivity index (χ2v) is 4.16. The van der Waals surface area contributed by atoms with Crippen molar-refractivity contribution in [3.63, 3.8) is 0 Å². The molecule has 2 N–H and O–H groups in total. The molecule has 4 nitrogen and oxygen atoms in total. The molecule has 0 fully saturated rings. The van der Waals surface area contributed by atoms with Gasteiger partial charge in [-0.2, -0.15) is 0 Å². The van der Waals surface area contributed by atoms with Crippen molar-refractivity contribution in [2.45, 2.75) is 13.8 Å². The van der Waals surface area contributed by atoms with Crippen molar-refractivity contribution in [3.8, 4) is 5.75 Å². The lowest BCUT2D eigenvalue weighted by molar-refractivity contribution is 0.321. The number of nitrogens with zero attached hydrogens (tertiary/aromatic N) is 1. The highest BCUT2D eigenvalue weighted by Gasteiger charge is 2.04. The second kappa shape index (κ2) is 6.75. The Bertz CT molecular complexity index is 575. The van der Waals surface area contributed by atoms with Crippen molar-refractivity contribution in [2.24, 2.45) is 0 Å². The molecule has 0 saturated heterocycles. The molecule has 0 atom stereocenters. The Labute approximate surface area is 118 Å². The number of benzene rings is 1. The van der Waals surface area contributed by atoms with Crippen LogP contribution in [-0.2, 0) is 0 Å². The predicted octanol–water partition coefficient (Wildman–Crippen LogP) is 3.79. The van der Waals surface area contributed by atoms with Gasteiger partial charge in [-0.3, -0.25) is 0 Å². The molecule has 0 spiro atoms. The molecule has 0 aliphatic rings. The van der Waals surface area contributed by atoms with Crippen molar-refractivity contribution in [1.82, 2.24) is 4.98 Å². The van der Waals surface area contributed by atoms with Gasteiger partial charge in [-0.05, 0) is 32.0 Å². The van der Waals surface area contributed by atoms with Crippen molar-refractivity contribution in [1.29, 1.82) is 0 Å². The topological polar surface area (TPSA) is 46.2 Å². The van der Waals surface area contributed by atoms with Crippen LogP contribution in [0.4, 0.5) is 21.6 Å². The minimum Gasteiger partial charge on any atom is -0.491 e. The van der Waals surface area contributed by atoms with Gasteiger partial charge < -0.3 is 15.4 Å². The summed E-state index contributed by atoms with van der Waals surface area (Å²) in [5.74, 6) is 0.669. The number of pyridine rings is 1. The largest absolute Gasteiger partial charge is 0.491 e. The lowest BCUT2D eigenvalue weighted by Gasteiger charge is -2.10. The summed E-state index contributed by atoms with van der Waals surface area (Å²) in [6.07, 6.45) is 1.70. The summed E-state index contributed by atoms with van der Waals surface area (Å²) < 4.78 is 18.9. The first kappa shape index (κ1) is 14.1. The molecule has 106 valence electrons. The van der Waals surface area contributed by atoms with E-state index in [-0.39, 0.29) is 11.6 Å². The molecule has 0 saturated carbocycles. The monoisotopic (exact) mass is 275 g/mol. The average molecular weight is 275 g/mol. The van der Waals surface area contributed by atoms with Crippen molar-refractivity contribution in [3.05, 3.63) is 42.3 Å². The molecular formula is C15H18FN3O. The van der Waals surface area contributed by atoms with Crippen LogP contribution in [0.3, 0.4) is 0 Å². The Morgan fingerprint density at radius 3 is 2.65 bits per heavy atom. The normalized spacial score (nSPS) is 10.2. The zero-order valence-corrected chi connectivity index (χ0v) is 11.6. The molecule has 5 heteroatoms. The zero-order chi connectivity index (χ0) is 14.4. The fraction of sp³-hybridized carbons (Fsp3) is 0.267. The van der Waals surface area contributed by atoms with Crippen molar-refractivity contribution in [2.75, 3.05) is 23.8 Å². The summed E-state index contributed by atoms with van der Waals surface area (Å²) >= 11 is 0. The second-order valence-electron chi connectivity index (χ2n) is 4.16. The number of anilines is 3. The van der Waals surface area contributed by atoms with Crippen LogP contribution in [0, 0.1) is 5.82 Å². The molecule has 0 aliphatic carbocycles. The third-order valence-electron chi connectivity index (χ3n) is 2.64. The van der Waals surface area contributed by atoms with Gasteiger partial charge in [0.05, 0.1) is 6.61 Å². The molecular weight excluding hydrogens is 257 g/mol. The first-order chi connectivity index (χ1) is 9.72. The molecule has 2 aromatic rings. The summed E-state index contributed by atoms with van der Waals surface area (Å²) in [4.78, 5) is 4.18. The lowest BCUT2D eigenvalue weighted by Crippen LogP contribution is -2.00. The van der Waals surface area contributed by atoms with Gasteiger partial charge in [0.1, 0.15) is 5.82 Å². The summed E-state index contributed by atoms with van der Waals surface area (Å²) in [5.41, 5.74) is 1.51. The van der Waals surface area contributed by atoms with Gasteiger partial charge in [0.2, 0.25) is 0 Å². The minimum atomic E-state index is -0.377. The fourth-order valence-electron chi connectivity index (χ4n) is 1.80. The van der Waals surface area contributed by atoms with Crippen molar-refractivity contribution < 1.29 is 9.13 Å². The molecule has 0 aliphatic heterocycles. The smallest absolute Gasteiger partial charge is 0.167 e. The number of hydrogen-bond donors (Lipinski definition) is 2. The summed E-state index contributed by atoms with van der Waals surface area (Å²) in [7, 11) is 0. The Kier molecular flexibility index (Phi) is 4.76. The maximum absolute atomic E-state index is 13.8. The number of aromatic nitrogens is 1. The summed E-state index contributed by atoms with van der Waals surface area (Å²) in [6, 6.07) is 8.51. The van der Waals surface area contributed by atoms with Crippen LogP contribution >= 0.6 is 0 Å².